The van der Waals surface area contributed by atoms with Gasteiger partial charge < -0.3 is 9.47 Å². The number of aromatic nitrogens is 3. The smallest absolute Gasteiger partial charge is 0.255 e. The Morgan fingerprint density at radius 1 is 1.53 bits per heavy atom. The first kappa shape index (κ1) is 12.0. The molecule has 100 valence electrons. The fraction of sp³-hybridized carbons (Fsp3) is 0.385. The standard InChI is InChI=1S/C13H15FN4O/c1-17-8-9(14)7-10(13(17)19)11-3-2-6-18(11)12-4-5-15-16-12/h4-5,7-8,11H,2-3,6H2,1H3,(H,15,16)/t11-/m1/s1. The maximum atomic E-state index is 13.5. The normalized spacial score (nSPS) is 19.1. The zero-order valence-corrected chi connectivity index (χ0v) is 10.6. The highest BCUT2D eigenvalue weighted by molar-refractivity contribution is 5.42. The number of H-pyrrole nitrogens is 1. The van der Waals surface area contributed by atoms with E-state index in [4.69, 9.17) is 0 Å². The van der Waals surface area contributed by atoms with Gasteiger partial charge in [0.15, 0.2) is 0 Å². The highest BCUT2D eigenvalue weighted by atomic mass is 19.1. The Morgan fingerprint density at radius 2 is 2.37 bits per heavy atom. The van der Waals surface area contributed by atoms with E-state index in [0.29, 0.717) is 5.56 Å². The van der Waals surface area contributed by atoms with Crippen molar-refractivity contribution in [1.29, 1.82) is 0 Å². The molecule has 19 heavy (non-hydrogen) atoms. The van der Waals surface area contributed by atoms with Crippen molar-refractivity contribution in [2.24, 2.45) is 7.05 Å². The molecule has 0 aliphatic carbocycles. The Labute approximate surface area is 109 Å². The molecule has 2 aromatic rings. The molecule has 3 heterocycles. The van der Waals surface area contributed by atoms with Gasteiger partial charge in [0.1, 0.15) is 11.6 Å². The van der Waals surface area contributed by atoms with Crippen molar-refractivity contribution in [3.05, 3.63) is 46.3 Å². The Balaban J connectivity index is 2.04. The first-order valence-corrected chi connectivity index (χ1v) is 6.29. The Hall–Kier alpha value is -2.11. The van der Waals surface area contributed by atoms with E-state index in [1.807, 2.05) is 6.07 Å². The Morgan fingerprint density at radius 3 is 3.11 bits per heavy atom. The Kier molecular flexibility index (Phi) is 2.85. The number of aromatic amines is 1. The van der Waals surface area contributed by atoms with Crippen LogP contribution < -0.4 is 10.5 Å². The largest absolute Gasteiger partial charge is 0.350 e. The second-order valence-electron chi connectivity index (χ2n) is 4.82. The summed E-state index contributed by atoms with van der Waals surface area (Å²) < 4.78 is 14.8. The predicted octanol–water partition coefficient (Wildman–Crippen LogP) is 1.59. The SMILES string of the molecule is Cn1cc(F)cc([C@H]2CCCN2c2ccn[nH]2)c1=O. The molecule has 0 amide bonds. The number of hydrogen-bond acceptors (Lipinski definition) is 3. The fourth-order valence-electron chi connectivity index (χ4n) is 2.72. The van der Waals surface area contributed by atoms with Crippen LogP contribution in [0.3, 0.4) is 0 Å². The van der Waals surface area contributed by atoms with Crippen LogP contribution in [0.5, 0.6) is 0 Å². The number of anilines is 1. The maximum Gasteiger partial charge on any atom is 0.255 e. The molecule has 1 fully saturated rings. The summed E-state index contributed by atoms with van der Waals surface area (Å²) in [5.74, 6) is 0.488. The van der Waals surface area contributed by atoms with Gasteiger partial charge in [-0.15, -0.1) is 0 Å². The molecule has 0 radical (unpaired) electrons. The highest BCUT2D eigenvalue weighted by Gasteiger charge is 2.29. The van der Waals surface area contributed by atoms with Gasteiger partial charge in [-0.3, -0.25) is 9.89 Å². The van der Waals surface area contributed by atoms with Crippen LogP contribution in [-0.2, 0) is 7.05 Å². The van der Waals surface area contributed by atoms with E-state index in [0.717, 1.165) is 25.2 Å². The molecule has 5 nitrogen and oxygen atoms in total. The van der Waals surface area contributed by atoms with Crippen molar-refractivity contribution in [2.75, 3.05) is 11.4 Å². The lowest BCUT2D eigenvalue weighted by Gasteiger charge is -2.25. The van der Waals surface area contributed by atoms with E-state index in [1.54, 1.807) is 13.2 Å². The number of halogens is 1. The minimum Gasteiger partial charge on any atom is -0.350 e. The number of aryl methyl sites for hydroxylation is 1. The molecule has 3 rings (SSSR count). The fourth-order valence-corrected chi connectivity index (χ4v) is 2.72. The zero-order valence-electron chi connectivity index (χ0n) is 10.6. The van der Waals surface area contributed by atoms with Gasteiger partial charge in [-0.1, -0.05) is 0 Å². The lowest BCUT2D eigenvalue weighted by atomic mass is 10.1. The van der Waals surface area contributed by atoms with Crippen molar-refractivity contribution in [3.63, 3.8) is 0 Å². The van der Waals surface area contributed by atoms with E-state index >= 15 is 0 Å². The van der Waals surface area contributed by atoms with Gasteiger partial charge in [-0.25, -0.2) is 4.39 Å². The number of rotatable bonds is 2. The van der Waals surface area contributed by atoms with Crippen LogP contribution in [0.15, 0.2) is 29.3 Å². The predicted molar refractivity (Wildman–Crippen MR) is 69.5 cm³/mol. The van der Waals surface area contributed by atoms with E-state index in [-0.39, 0.29) is 17.4 Å². The van der Waals surface area contributed by atoms with Crippen LogP contribution in [0.4, 0.5) is 10.2 Å². The first-order chi connectivity index (χ1) is 9.16. The number of hydrogen-bond donors (Lipinski definition) is 1. The third-order valence-electron chi connectivity index (χ3n) is 3.58. The minimum absolute atomic E-state index is 0.0881. The summed E-state index contributed by atoms with van der Waals surface area (Å²) in [4.78, 5) is 14.2. The first-order valence-electron chi connectivity index (χ1n) is 6.29. The highest BCUT2D eigenvalue weighted by Crippen LogP contribution is 2.33. The lowest BCUT2D eigenvalue weighted by molar-refractivity contribution is 0.588. The number of nitrogens with zero attached hydrogens (tertiary/aromatic N) is 3. The quantitative estimate of drug-likeness (QED) is 0.894. The monoisotopic (exact) mass is 262 g/mol. The van der Waals surface area contributed by atoms with Crippen LogP contribution in [0.25, 0.3) is 0 Å². The third-order valence-corrected chi connectivity index (χ3v) is 3.58. The zero-order chi connectivity index (χ0) is 13.4. The van der Waals surface area contributed by atoms with Crippen LogP contribution >= 0.6 is 0 Å². The molecule has 1 aliphatic rings. The second-order valence-corrected chi connectivity index (χ2v) is 4.82. The van der Waals surface area contributed by atoms with Crippen molar-refractivity contribution in [2.45, 2.75) is 18.9 Å². The molecular weight excluding hydrogens is 247 g/mol. The summed E-state index contributed by atoms with van der Waals surface area (Å²) in [6, 6.07) is 3.12. The number of pyridine rings is 1. The van der Waals surface area contributed by atoms with Gasteiger partial charge >= 0.3 is 0 Å². The van der Waals surface area contributed by atoms with Crippen LogP contribution in [0.2, 0.25) is 0 Å². The van der Waals surface area contributed by atoms with Crippen molar-refractivity contribution >= 4 is 5.82 Å². The molecule has 6 heteroatoms. The molecule has 1 N–H and O–H groups in total. The molecule has 1 atom stereocenters. The van der Waals surface area contributed by atoms with Gasteiger partial charge in [-0.05, 0) is 18.9 Å². The third kappa shape index (κ3) is 2.03. The molecule has 2 aromatic heterocycles. The summed E-state index contributed by atoms with van der Waals surface area (Å²) in [6.45, 7) is 0.840. The van der Waals surface area contributed by atoms with Crippen molar-refractivity contribution in [1.82, 2.24) is 14.8 Å². The maximum absolute atomic E-state index is 13.5. The summed E-state index contributed by atoms with van der Waals surface area (Å²) in [5.41, 5.74) is 0.368. The molecule has 0 aromatic carbocycles. The van der Waals surface area contributed by atoms with Crippen molar-refractivity contribution in [3.8, 4) is 0 Å². The number of nitrogens with one attached hydrogen (secondary N) is 1. The molecule has 0 spiro atoms. The molecule has 1 aliphatic heterocycles. The summed E-state index contributed by atoms with van der Waals surface area (Å²) in [5, 5.41) is 6.83. The minimum atomic E-state index is -0.381. The molecular formula is C13H15FN4O. The van der Waals surface area contributed by atoms with Gasteiger partial charge in [0, 0.05) is 31.4 Å². The average Bonchev–Trinajstić information content (AvgIpc) is 3.02. The van der Waals surface area contributed by atoms with Crippen molar-refractivity contribution < 1.29 is 4.39 Å². The van der Waals surface area contributed by atoms with Crippen LogP contribution in [-0.4, -0.2) is 21.3 Å². The summed E-state index contributed by atoms with van der Waals surface area (Å²) in [6.07, 6.45) is 4.71. The van der Waals surface area contributed by atoms with E-state index in [9.17, 15) is 9.18 Å². The molecule has 0 saturated carbocycles. The van der Waals surface area contributed by atoms with Gasteiger partial charge in [0.05, 0.1) is 12.2 Å². The van der Waals surface area contributed by atoms with Gasteiger partial charge in [0.25, 0.3) is 5.56 Å². The lowest BCUT2D eigenvalue weighted by Crippen LogP contribution is -2.30. The van der Waals surface area contributed by atoms with E-state index in [1.165, 1.54) is 16.8 Å². The van der Waals surface area contributed by atoms with E-state index in [2.05, 4.69) is 15.1 Å². The molecule has 0 bridgehead atoms. The van der Waals surface area contributed by atoms with Gasteiger partial charge in [0.2, 0.25) is 0 Å². The second kappa shape index (κ2) is 4.53. The topological polar surface area (TPSA) is 53.9 Å². The van der Waals surface area contributed by atoms with Crippen LogP contribution in [0, 0.1) is 5.82 Å². The summed E-state index contributed by atoms with van der Waals surface area (Å²) in [7, 11) is 1.57. The average molecular weight is 262 g/mol. The van der Waals surface area contributed by atoms with Gasteiger partial charge in [-0.2, -0.15) is 5.10 Å². The summed E-state index contributed by atoms with van der Waals surface area (Å²) >= 11 is 0. The molecule has 0 unspecified atom stereocenters. The van der Waals surface area contributed by atoms with Crippen LogP contribution in [0.1, 0.15) is 24.4 Å². The van der Waals surface area contributed by atoms with E-state index < -0.39 is 0 Å². The molecule has 1 saturated heterocycles. The Bertz CT molecular complexity index is 635.